The third-order valence-corrected chi connectivity index (χ3v) is 6.08. The van der Waals surface area contributed by atoms with Gasteiger partial charge in [0.15, 0.2) is 14.9 Å². The van der Waals surface area contributed by atoms with Crippen molar-refractivity contribution >= 4 is 33.2 Å². The molecule has 3 N–H and O–H groups in total. The molecule has 10 nitrogen and oxygen atoms in total. The molecule has 2 aromatic rings. The van der Waals surface area contributed by atoms with Gasteiger partial charge in [-0.1, -0.05) is 13.0 Å². The molecule has 0 bridgehead atoms. The van der Waals surface area contributed by atoms with E-state index in [4.69, 9.17) is 5.73 Å². The Hall–Kier alpha value is -3.34. The van der Waals surface area contributed by atoms with E-state index < -0.39 is 33.6 Å². The van der Waals surface area contributed by atoms with Crippen LogP contribution in [-0.2, 0) is 19.4 Å². The fourth-order valence-electron chi connectivity index (χ4n) is 3.49. The number of piperidine rings is 1. The van der Waals surface area contributed by atoms with Crippen LogP contribution in [0.3, 0.4) is 0 Å². The summed E-state index contributed by atoms with van der Waals surface area (Å²) >= 11 is 0. The number of aromatic nitrogens is 2. The number of carbonyl (C=O) groups is 3. The Kier molecular flexibility index (Phi) is 6.34. The van der Waals surface area contributed by atoms with E-state index in [9.17, 15) is 22.8 Å². The molecule has 2 aromatic heterocycles. The predicted octanol–water partition coefficient (Wildman–Crippen LogP) is 0.917. The molecule has 1 saturated heterocycles. The monoisotopic (exact) mass is 445 g/mol. The highest BCUT2D eigenvalue weighted by atomic mass is 32.2. The molecule has 2 atom stereocenters. The van der Waals surface area contributed by atoms with Gasteiger partial charge in [0.2, 0.25) is 5.91 Å². The first-order valence-electron chi connectivity index (χ1n) is 9.59. The van der Waals surface area contributed by atoms with Crippen LogP contribution in [0.5, 0.6) is 0 Å². The van der Waals surface area contributed by atoms with Gasteiger partial charge in [-0.2, -0.15) is 0 Å². The van der Waals surface area contributed by atoms with Crippen LogP contribution in [0.4, 0.5) is 5.69 Å². The number of hydrogen-bond acceptors (Lipinski definition) is 7. The number of carbonyl (C=O) groups excluding carboxylic acids is 3. The fourth-order valence-corrected chi connectivity index (χ4v) is 4.05. The summed E-state index contributed by atoms with van der Waals surface area (Å²) in [6.45, 7) is 2.35. The van der Waals surface area contributed by atoms with E-state index in [1.165, 1.54) is 35.6 Å². The molecule has 0 radical (unpaired) electrons. The summed E-state index contributed by atoms with van der Waals surface area (Å²) in [7, 11) is -3.44. The number of hydrogen-bond donors (Lipinski definition) is 2. The Morgan fingerprint density at radius 1 is 1.16 bits per heavy atom. The summed E-state index contributed by atoms with van der Waals surface area (Å²) in [5.74, 6) is -2.13. The van der Waals surface area contributed by atoms with Gasteiger partial charge in [0.25, 0.3) is 0 Å². The Bertz CT molecular complexity index is 1120. The highest BCUT2D eigenvalue weighted by molar-refractivity contribution is 7.90. The number of nitrogens with two attached hydrogens (primary N) is 1. The summed E-state index contributed by atoms with van der Waals surface area (Å²) in [6, 6.07) is 3.94. The van der Waals surface area contributed by atoms with Crippen molar-refractivity contribution in [2.75, 3.05) is 18.1 Å². The Balaban J connectivity index is 1.81. The van der Waals surface area contributed by atoms with Crippen molar-refractivity contribution in [2.45, 2.75) is 30.8 Å². The van der Waals surface area contributed by atoms with Crippen LogP contribution in [0.15, 0.2) is 41.8 Å². The maximum atomic E-state index is 13.0. The lowest BCUT2D eigenvalue weighted by Crippen LogP contribution is -2.46. The van der Waals surface area contributed by atoms with Crippen molar-refractivity contribution in [1.29, 1.82) is 0 Å². The zero-order chi connectivity index (χ0) is 22.8. The van der Waals surface area contributed by atoms with Crippen LogP contribution in [-0.4, -0.2) is 53.8 Å². The number of pyridine rings is 2. The van der Waals surface area contributed by atoms with Crippen LogP contribution in [0, 0.1) is 5.92 Å². The number of rotatable bonds is 4. The smallest absolute Gasteiger partial charge is 0.313 e. The lowest BCUT2D eigenvalue weighted by Gasteiger charge is -2.38. The van der Waals surface area contributed by atoms with Crippen molar-refractivity contribution in [3.05, 3.63) is 47.9 Å². The van der Waals surface area contributed by atoms with Crippen molar-refractivity contribution in [2.24, 2.45) is 11.7 Å². The number of primary amides is 1. The van der Waals surface area contributed by atoms with Gasteiger partial charge < -0.3 is 16.0 Å². The molecule has 31 heavy (non-hydrogen) atoms. The first kappa shape index (κ1) is 22.3. The molecule has 3 rings (SSSR count). The van der Waals surface area contributed by atoms with Crippen molar-refractivity contribution in [3.8, 4) is 0 Å². The van der Waals surface area contributed by atoms with E-state index >= 15 is 0 Å². The van der Waals surface area contributed by atoms with Crippen LogP contribution < -0.4 is 11.1 Å². The largest absolute Gasteiger partial charge is 0.366 e. The van der Waals surface area contributed by atoms with E-state index in [-0.39, 0.29) is 22.2 Å². The molecule has 1 fully saturated rings. The van der Waals surface area contributed by atoms with Gasteiger partial charge in [0.1, 0.15) is 0 Å². The molecule has 0 aromatic carbocycles. The number of likely N-dealkylation sites (tertiary alicyclic amines) is 1. The number of sulfone groups is 1. The van der Waals surface area contributed by atoms with E-state index in [0.29, 0.717) is 18.5 Å². The minimum absolute atomic E-state index is 0.0575. The molecular weight excluding hydrogens is 422 g/mol. The van der Waals surface area contributed by atoms with Crippen LogP contribution >= 0.6 is 0 Å². The molecule has 11 heteroatoms. The van der Waals surface area contributed by atoms with E-state index in [0.717, 1.165) is 12.7 Å². The minimum atomic E-state index is -3.44. The van der Waals surface area contributed by atoms with Gasteiger partial charge in [0, 0.05) is 25.2 Å². The normalized spacial score (nSPS) is 19.0. The molecule has 1 aliphatic rings. The van der Waals surface area contributed by atoms with Crippen LogP contribution in [0.25, 0.3) is 0 Å². The van der Waals surface area contributed by atoms with E-state index in [1.54, 1.807) is 6.07 Å². The zero-order valence-electron chi connectivity index (χ0n) is 17.1. The summed E-state index contributed by atoms with van der Waals surface area (Å²) in [5, 5.41) is 2.40. The molecule has 3 heterocycles. The molecule has 1 aliphatic heterocycles. The number of anilines is 1. The summed E-state index contributed by atoms with van der Waals surface area (Å²) in [5.41, 5.74) is 6.15. The number of nitrogens with one attached hydrogen (secondary N) is 1. The van der Waals surface area contributed by atoms with Crippen LogP contribution in [0.1, 0.15) is 41.7 Å². The van der Waals surface area contributed by atoms with Crippen molar-refractivity contribution in [3.63, 3.8) is 0 Å². The second-order valence-electron chi connectivity index (χ2n) is 7.64. The Morgan fingerprint density at radius 3 is 2.52 bits per heavy atom. The average Bonchev–Trinajstić information content (AvgIpc) is 2.72. The maximum Gasteiger partial charge on any atom is 0.313 e. The van der Waals surface area contributed by atoms with Gasteiger partial charge in [-0.3, -0.25) is 19.4 Å². The first-order valence-corrected chi connectivity index (χ1v) is 11.5. The van der Waals surface area contributed by atoms with Gasteiger partial charge in [-0.25, -0.2) is 13.4 Å². The third kappa shape index (κ3) is 5.23. The summed E-state index contributed by atoms with van der Waals surface area (Å²) < 4.78 is 23.3. The van der Waals surface area contributed by atoms with Gasteiger partial charge in [-0.05, 0) is 36.5 Å². The van der Waals surface area contributed by atoms with Gasteiger partial charge in [0.05, 0.1) is 23.5 Å². The second kappa shape index (κ2) is 8.80. The van der Waals surface area contributed by atoms with E-state index in [2.05, 4.69) is 15.3 Å². The van der Waals surface area contributed by atoms with Gasteiger partial charge in [-0.15, -0.1) is 0 Å². The lowest BCUT2D eigenvalue weighted by molar-refractivity contribution is -0.146. The van der Waals surface area contributed by atoms with Crippen LogP contribution in [0.2, 0.25) is 0 Å². The van der Waals surface area contributed by atoms with Crippen molar-refractivity contribution in [1.82, 2.24) is 14.9 Å². The predicted molar refractivity (Wildman–Crippen MR) is 112 cm³/mol. The first-order chi connectivity index (χ1) is 14.6. The lowest BCUT2D eigenvalue weighted by atomic mass is 9.90. The molecule has 0 spiro atoms. The third-order valence-electron chi connectivity index (χ3n) is 5.08. The van der Waals surface area contributed by atoms with Gasteiger partial charge >= 0.3 is 11.8 Å². The average molecular weight is 446 g/mol. The van der Waals surface area contributed by atoms with Crippen molar-refractivity contribution < 1.29 is 22.8 Å². The number of nitrogens with zero attached hydrogens (tertiary/aromatic N) is 3. The second-order valence-corrected chi connectivity index (χ2v) is 9.60. The fraction of sp³-hybridized carbons (Fsp3) is 0.350. The highest BCUT2D eigenvalue weighted by Gasteiger charge is 2.34. The molecule has 0 saturated carbocycles. The maximum absolute atomic E-state index is 13.0. The topological polar surface area (TPSA) is 152 Å². The molecule has 0 aliphatic carbocycles. The Morgan fingerprint density at radius 2 is 1.90 bits per heavy atom. The quantitative estimate of drug-likeness (QED) is 0.664. The molecular formula is C20H23N5O5S. The molecule has 3 amide bonds. The molecule has 164 valence electrons. The minimum Gasteiger partial charge on any atom is -0.366 e. The summed E-state index contributed by atoms with van der Waals surface area (Å²) in [6.07, 6.45) is 6.51. The standard InChI is InChI=1S/C20H23N5O5S/c1-12-3-5-16(13-4-6-17(23-9-13)31(2,29)30)25(11-12)20(28)19(27)24-15-7-14(18(21)26)8-22-10-15/h4,6-10,12,16H,3,5,11H2,1-2H3,(H2,21,26)(H,24,27). The zero-order valence-corrected chi connectivity index (χ0v) is 17.9. The number of amides is 3. The molecule has 2 unspecified atom stereocenters. The van der Waals surface area contributed by atoms with E-state index in [1.807, 2.05) is 6.92 Å². The highest BCUT2D eigenvalue weighted by Crippen LogP contribution is 2.33. The summed E-state index contributed by atoms with van der Waals surface area (Å²) in [4.78, 5) is 46.2. The Labute approximate surface area is 179 Å². The SMILES string of the molecule is CC1CCC(c2ccc(S(C)(=O)=O)nc2)N(C(=O)C(=O)Nc2cncc(C(N)=O)c2)C1.